The first kappa shape index (κ1) is 9.32. The maximum atomic E-state index is 12.9. The first-order valence-corrected chi connectivity index (χ1v) is 3.50. The van der Waals surface area contributed by atoms with Crippen molar-refractivity contribution in [3.63, 3.8) is 0 Å². The molecule has 0 unspecified atom stereocenters. The fourth-order valence-electron chi connectivity index (χ4n) is 0.821. The zero-order valence-corrected chi connectivity index (χ0v) is 6.87. The van der Waals surface area contributed by atoms with E-state index >= 15 is 0 Å². The largest absolute Gasteiger partial charge is 0.268 e. The molecule has 0 fully saturated rings. The van der Waals surface area contributed by atoms with Crippen LogP contribution < -0.4 is 0 Å². The molecule has 0 saturated heterocycles. The standard InChI is InChI=1S/C7H5ClF3N/c1-3-5(7(10)11)6(9)4(8)2-12-3/h2,7H,1H3. The van der Waals surface area contributed by atoms with Crippen molar-refractivity contribution in [2.75, 3.05) is 0 Å². The molecule has 0 aliphatic heterocycles. The van der Waals surface area contributed by atoms with Crippen molar-refractivity contribution in [1.82, 2.24) is 4.98 Å². The maximum Gasteiger partial charge on any atom is 0.268 e. The van der Waals surface area contributed by atoms with Crippen molar-refractivity contribution in [2.45, 2.75) is 13.3 Å². The molecule has 0 amide bonds. The van der Waals surface area contributed by atoms with Gasteiger partial charge in [0.25, 0.3) is 6.43 Å². The third-order valence-corrected chi connectivity index (χ3v) is 1.69. The van der Waals surface area contributed by atoms with E-state index in [1.807, 2.05) is 0 Å². The number of halogens is 4. The number of hydrogen-bond donors (Lipinski definition) is 0. The quantitative estimate of drug-likeness (QED) is 0.671. The molecule has 1 rings (SSSR count). The molecule has 0 atom stereocenters. The SMILES string of the molecule is Cc1ncc(Cl)c(F)c1C(F)F. The lowest BCUT2D eigenvalue weighted by Crippen LogP contribution is -1.98. The highest BCUT2D eigenvalue weighted by atomic mass is 35.5. The summed E-state index contributed by atoms with van der Waals surface area (Å²) < 4.78 is 37.1. The Labute approximate surface area is 72.2 Å². The number of rotatable bonds is 1. The second-order valence-electron chi connectivity index (χ2n) is 2.22. The first-order chi connectivity index (χ1) is 5.54. The first-order valence-electron chi connectivity index (χ1n) is 3.12. The fourth-order valence-corrected chi connectivity index (χ4v) is 0.971. The monoisotopic (exact) mass is 195 g/mol. The minimum absolute atomic E-state index is 0.0353. The average molecular weight is 196 g/mol. The van der Waals surface area contributed by atoms with Crippen molar-refractivity contribution in [3.8, 4) is 0 Å². The van der Waals surface area contributed by atoms with E-state index in [0.717, 1.165) is 6.20 Å². The molecule has 1 heterocycles. The predicted molar refractivity (Wildman–Crippen MR) is 38.9 cm³/mol. The van der Waals surface area contributed by atoms with Gasteiger partial charge in [0.1, 0.15) is 0 Å². The molecule has 1 aromatic rings. The van der Waals surface area contributed by atoms with Crippen molar-refractivity contribution < 1.29 is 13.2 Å². The van der Waals surface area contributed by atoms with Gasteiger partial charge in [-0.05, 0) is 6.92 Å². The van der Waals surface area contributed by atoms with Gasteiger partial charge in [0.05, 0.1) is 10.6 Å². The highest BCUT2D eigenvalue weighted by Crippen LogP contribution is 2.27. The van der Waals surface area contributed by atoms with Crippen LogP contribution in [0.2, 0.25) is 5.02 Å². The van der Waals surface area contributed by atoms with E-state index in [2.05, 4.69) is 4.98 Å². The normalized spacial score (nSPS) is 10.8. The molecule has 66 valence electrons. The molecule has 12 heavy (non-hydrogen) atoms. The average Bonchev–Trinajstić information content (AvgIpc) is 1.97. The van der Waals surface area contributed by atoms with Crippen LogP contribution >= 0.6 is 11.6 Å². The van der Waals surface area contributed by atoms with E-state index in [9.17, 15) is 13.2 Å². The molecule has 0 aliphatic rings. The molecule has 1 nitrogen and oxygen atoms in total. The van der Waals surface area contributed by atoms with Crippen LogP contribution in [-0.2, 0) is 0 Å². The van der Waals surface area contributed by atoms with Gasteiger partial charge in [-0.15, -0.1) is 0 Å². The van der Waals surface area contributed by atoms with Gasteiger partial charge < -0.3 is 0 Å². The molecule has 0 aliphatic carbocycles. The van der Waals surface area contributed by atoms with Crippen molar-refractivity contribution in [2.24, 2.45) is 0 Å². The summed E-state index contributed by atoms with van der Waals surface area (Å²) in [5.41, 5.74) is -0.755. The summed E-state index contributed by atoms with van der Waals surface area (Å²) in [7, 11) is 0. The van der Waals surface area contributed by atoms with Crippen LogP contribution in [0.25, 0.3) is 0 Å². The van der Waals surface area contributed by atoms with Crippen molar-refractivity contribution in [3.05, 3.63) is 28.3 Å². The Balaban J connectivity index is 3.33. The highest BCUT2D eigenvalue weighted by Gasteiger charge is 2.19. The summed E-state index contributed by atoms with van der Waals surface area (Å²) in [6.45, 7) is 1.31. The van der Waals surface area contributed by atoms with Gasteiger partial charge in [-0.25, -0.2) is 13.2 Å². The molecule has 0 radical (unpaired) electrons. The summed E-state index contributed by atoms with van der Waals surface area (Å²) in [6.07, 6.45) is -1.87. The molecule has 0 aromatic carbocycles. The number of hydrogen-bond acceptors (Lipinski definition) is 1. The number of pyridine rings is 1. The summed E-state index contributed by atoms with van der Waals surface area (Å²) in [5, 5.41) is -0.379. The van der Waals surface area contributed by atoms with E-state index < -0.39 is 17.8 Å². The molecule has 0 spiro atoms. The van der Waals surface area contributed by atoms with E-state index in [-0.39, 0.29) is 10.7 Å². The summed E-state index contributed by atoms with van der Waals surface area (Å²) in [4.78, 5) is 3.51. The minimum atomic E-state index is -2.88. The second-order valence-corrected chi connectivity index (χ2v) is 2.63. The Morgan fingerprint density at radius 3 is 2.50 bits per heavy atom. The maximum absolute atomic E-state index is 12.9. The van der Waals surface area contributed by atoms with Gasteiger partial charge in [-0.1, -0.05) is 11.6 Å². The van der Waals surface area contributed by atoms with Gasteiger partial charge >= 0.3 is 0 Å². The topological polar surface area (TPSA) is 12.9 Å². The van der Waals surface area contributed by atoms with Crippen LogP contribution in [0.5, 0.6) is 0 Å². The Bertz CT molecular complexity index is 301. The summed E-state index contributed by atoms with van der Waals surface area (Å²) in [5.74, 6) is -1.08. The highest BCUT2D eigenvalue weighted by molar-refractivity contribution is 6.30. The lowest BCUT2D eigenvalue weighted by molar-refractivity contribution is 0.145. The number of nitrogens with zero attached hydrogens (tertiary/aromatic N) is 1. The van der Waals surface area contributed by atoms with Gasteiger partial charge in [-0.2, -0.15) is 0 Å². The molecule has 1 aromatic heterocycles. The van der Waals surface area contributed by atoms with Crippen molar-refractivity contribution in [1.29, 1.82) is 0 Å². The molecular weight excluding hydrogens is 191 g/mol. The third kappa shape index (κ3) is 1.53. The van der Waals surface area contributed by atoms with Crippen LogP contribution in [0.3, 0.4) is 0 Å². The van der Waals surface area contributed by atoms with Crippen LogP contribution in [-0.4, -0.2) is 4.98 Å². The van der Waals surface area contributed by atoms with Gasteiger partial charge in [0.15, 0.2) is 5.82 Å². The van der Waals surface area contributed by atoms with Crippen LogP contribution in [0.15, 0.2) is 6.20 Å². The Morgan fingerprint density at radius 1 is 1.50 bits per heavy atom. The molecular formula is C7H5ClF3N. The number of aromatic nitrogens is 1. The smallest absolute Gasteiger partial charge is 0.259 e. The zero-order valence-electron chi connectivity index (χ0n) is 6.11. The third-order valence-electron chi connectivity index (χ3n) is 1.43. The van der Waals surface area contributed by atoms with E-state index in [1.165, 1.54) is 6.92 Å². The Hall–Kier alpha value is -0.770. The fraction of sp³-hybridized carbons (Fsp3) is 0.286. The van der Waals surface area contributed by atoms with Gasteiger partial charge in [0, 0.05) is 11.9 Å². The molecule has 0 bridgehead atoms. The van der Waals surface area contributed by atoms with Gasteiger partial charge in [-0.3, -0.25) is 4.98 Å². The molecule has 5 heteroatoms. The minimum Gasteiger partial charge on any atom is -0.259 e. The van der Waals surface area contributed by atoms with Gasteiger partial charge in [0.2, 0.25) is 0 Å². The van der Waals surface area contributed by atoms with E-state index in [1.54, 1.807) is 0 Å². The summed E-state index contributed by atoms with van der Waals surface area (Å²) >= 11 is 5.26. The molecule has 0 N–H and O–H groups in total. The van der Waals surface area contributed by atoms with Crippen LogP contribution in [0, 0.1) is 12.7 Å². The van der Waals surface area contributed by atoms with E-state index in [4.69, 9.17) is 11.6 Å². The van der Waals surface area contributed by atoms with E-state index in [0.29, 0.717) is 0 Å². The summed E-state index contributed by atoms with van der Waals surface area (Å²) in [6, 6.07) is 0. The molecule has 0 saturated carbocycles. The lowest BCUT2D eigenvalue weighted by Gasteiger charge is -2.05. The Kier molecular flexibility index (Phi) is 2.57. The predicted octanol–water partition coefficient (Wildman–Crippen LogP) is 3.12. The Morgan fingerprint density at radius 2 is 2.08 bits per heavy atom. The lowest BCUT2D eigenvalue weighted by atomic mass is 10.2. The second kappa shape index (κ2) is 3.31. The zero-order chi connectivity index (χ0) is 9.30. The van der Waals surface area contributed by atoms with Crippen LogP contribution in [0.1, 0.15) is 17.7 Å². The number of aryl methyl sites for hydroxylation is 1. The van der Waals surface area contributed by atoms with Crippen LogP contribution in [0.4, 0.5) is 13.2 Å². The van der Waals surface area contributed by atoms with Crippen molar-refractivity contribution >= 4 is 11.6 Å². The number of alkyl halides is 2.